The first-order chi connectivity index (χ1) is 6.65. The van der Waals surface area contributed by atoms with E-state index in [0.29, 0.717) is 0 Å². The molecule has 0 unspecified atom stereocenters. The molecule has 1 fully saturated rings. The third-order valence-corrected chi connectivity index (χ3v) is 1.85. The van der Waals surface area contributed by atoms with Gasteiger partial charge in [0.15, 0.2) is 0 Å². The van der Waals surface area contributed by atoms with Crippen LogP contribution in [0.5, 0.6) is 0 Å². The van der Waals surface area contributed by atoms with Gasteiger partial charge in [-0.1, -0.05) is 12.7 Å². The predicted octanol–water partition coefficient (Wildman–Crippen LogP) is 0.858. The highest BCUT2D eigenvalue weighted by atomic mass is 16.6. The van der Waals surface area contributed by atoms with Crippen LogP contribution in [-0.2, 0) is 9.53 Å². The largest absolute Gasteiger partial charge is 0.480 e. The summed E-state index contributed by atoms with van der Waals surface area (Å²) in [4.78, 5) is 23.0. The third kappa shape index (κ3) is 3.08. The number of carboxylic acid groups (broad SMARTS) is 1. The molecule has 1 aliphatic carbocycles. The Morgan fingerprint density at radius 1 is 1.57 bits per heavy atom. The van der Waals surface area contributed by atoms with E-state index in [1.807, 2.05) is 0 Å². The highest BCUT2D eigenvalue weighted by Crippen LogP contribution is 2.27. The molecular weight excluding hydrogens is 186 g/mol. The van der Waals surface area contributed by atoms with Gasteiger partial charge in [-0.25, -0.2) is 4.79 Å². The highest BCUT2D eigenvalue weighted by Gasteiger charge is 2.34. The van der Waals surface area contributed by atoms with Crippen molar-refractivity contribution in [2.24, 2.45) is 0 Å². The number of hydrogen-bond acceptors (Lipinski definition) is 3. The topological polar surface area (TPSA) is 66.8 Å². The zero-order valence-corrected chi connectivity index (χ0v) is 7.81. The van der Waals surface area contributed by atoms with E-state index in [0.717, 1.165) is 12.8 Å². The maximum absolute atomic E-state index is 11.3. The molecule has 0 aromatic rings. The summed E-state index contributed by atoms with van der Waals surface area (Å²) < 4.78 is 4.76. The summed E-state index contributed by atoms with van der Waals surface area (Å²) in [6.07, 6.45) is 2.59. The zero-order chi connectivity index (χ0) is 10.6. The van der Waals surface area contributed by atoms with Crippen LogP contribution < -0.4 is 0 Å². The summed E-state index contributed by atoms with van der Waals surface area (Å²) in [5, 5.41) is 8.57. The van der Waals surface area contributed by atoms with Crippen LogP contribution in [0.25, 0.3) is 0 Å². The van der Waals surface area contributed by atoms with Gasteiger partial charge >= 0.3 is 12.1 Å². The maximum atomic E-state index is 11.3. The molecule has 1 N–H and O–H groups in total. The van der Waals surface area contributed by atoms with E-state index in [4.69, 9.17) is 9.84 Å². The second-order valence-corrected chi connectivity index (χ2v) is 3.12. The van der Waals surface area contributed by atoms with Gasteiger partial charge in [-0.3, -0.25) is 9.69 Å². The number of nitrogens with zero attached hydrogens (tertiary/aromatic N) is 1. The fourth-order valence-corrected chi connectivity index (χ4v) is 1.09. The van der Waals surface area contributed by atoms with Crippen LogP contribution in [0.3, 0.4) is 0 Å². The minimum Gasteiger partial charge on any atom is -0.480 e. The van der Waals surface area contributed by atoms with E-state index in [-0.39, 0.29) is 19.2 Å². The Hall–Kier alpha value is -1.52. The average Bonchev–Trinajstić information content (AvgIpc) is 2.93. The summed E-state index contributed by atoms with van der Waals surface area (Å²) in [7, 11) is 0. The lowest BCUT2D eigenvalue weighted by atomic mass is 10.5. The second-order valence-electron chi connectivity index (χ2n) is 3.12. The third-order valence-electron chi connectivity index (χ3n) is 1.85. The van der Waals surface area contributed by atoms with Gasteiger partial charge in [-0.15, -0.1) is 0 Å². The van der Waals surface area contributed by atoms with Crippen molar-refractivity contribution in [1.82, 2.24) is 4.90 Å². The van der Waals surface area contributed by atoms with Crippen molar-refractivity contribution in [3.8, 4) is 0 Å². The van der Waals surface area contributed by atoms with Gasteiger partial charge in [0.2, 0.25) is 0 Å². The van der Waals surface area contributed by atoms with E-state index in [1.54, 1.807) is 0 Å². The molecule has 78 valence electrons. The number of aliphatic carboxylic acids is 1. The molecule has 0 atom stereocenters. The monoisotopic (exact) mass is 199 g/mol. The molecule has 1 amide bonds. The Morgan fingerprint density at radius 3 is 2.64 bits per heavy atom. The van der Waals surface area contributed by atoms with Crippen LogP contribution in [0.2, 0.25) is 0 Å². The molecule has 0 radical (unpaired) electrons. The van der Waals surface area contributed by atoms with Crippen molar-refractivity contribution in [1.29, 1.82) is 0 Å². The first-order valence-corrected chi connectivity index (χ1v) is 4.41. The molecule has 1 rings (SSSR count). The summed E-state index contributed by atoms with van der Waals surface area (Å²) in [6.45, 7) is 3.22. The Kier molecular flexibility index (Phi) is 3.50. The minimum absolute atomic E-state index is 0.0448. The van der Waals surface area contributed by atoms with Crippen molar-refractivity contribution < 1.29 is 19.4 Å². The van der Waals surface area contributed by atoms with Gasteiger partial charge in [0.05, 0.1) is 0 Å². The van der Waals surface area contributed by atoms with Crippen LogP contribution in [0.4, 0.5) is 4.79 Å². The van der Waals surface area contributed by atoms with Gasteiger partial charge in [-0.05, 0) is 12.8 Å². The van der Waals surface area contributed by atoms with Crippen molar-refractivity contribution in [2.45, 2.75) is 18.9 Å². The lowest BCUT2D eigenvalue weighted by molar-refractivity contribution is -0.138. The number of hydrogen-bond donors (Lipinski definition) is 1. The van der Waals surface area contributed by atoms with E-state index in [9.17, 15) is 9.59 Å². The first-order valence-electron chi connectivity index (χ1n) is 4.41. The molecular formula is C9H13NO4. The van der Waals surface area contributed by atoms with E-state index < -0.39 is 12.1 Å². The number of carboxylic acids is 1. The summed E-state index contributed by atoms with van der Waals surface area (Å²) in [5.74, 6) is -1.02. The lowest BCUT2D eigenvalue weighted by Gasteiger charge is -2.18. The summed E-state index contributed by atoms with van der Waals surface area (Å²) in [5.41, 5.74) is 0. The van der Waals surface area contributed by atoms with E-state index >= 15 is 0 Å². The molecule has 0 spiro atoms. The molecule has 5 heteroatoms. The minimum atomic E-state index is -1.02. The number of carbonyl (C=O) groups excluding carboxylic acids is 1. The van der Waals surface area contributed by atoms with Gasteiger partial charge in [0.1, 0.15) is 13.2 Å². The molecule has 0 aromatic carbocycles. The molecule has 0 aromatic heterocycles. The second kappa shape index (κ2) is 4.64. The standard InChI is InChI=1S/C9H13NO4/c1-2-5-14-9(13)10(6-8(11)12)7-3-4-7/h2,7H,1,3-6H2,(H,11,12). The van der Waals surface area contributed by atoms with Gasteiger partial charge < -0.3 is 9.84 Å². The van der Waals surface area contributed by atoms with E-state index in [1.165, 1.54) is 11.0 Å². The average molecular weight is 199 g/mol. The maximum Gasteiger partial charge on any atom is 0.410 e. The molecule has 0 aliphatic heterocycles. The first kappa shape index (κ1) is 10.6. The van der Waals surface area contributed by atoms with Gasteiger partial charge in [0, 0.05) is 6.04 Å². The Morgan fingerprint density at radius 2 is 2.21 bits per heavy atom. The number of carbonyl (C=O) groups is 2. The quantitative estimate of drug-likeness (QED) is 0.667. The fourth-order valence-electron chi connectivity index (χ4n) is 1.09. The van der Waals surface area contributed by atoms with Crippen molar-refractivity contribution in [3.63, 3.8) is 0 Å². The molecule has 1 saturated carbocycles. The lowest BCUT2D eigenvalue weighted by Crippen LogP contribution is -2.37. The number of ether oxygens (including phenoxy) is 1. The summed E-state index contributed by atoms with van der Waals surface area (Å²) >= 11 is 0. The van der Waals surface area contributed by atoms with Crippen molar-refractivity contribution in [3.05, 3.63) is 12.7 Å². The number of amides is 1. The van der Waals surface area contributed by atoms with Crippen LogP contribution in [-0.4, -0.2) is 41.3 Å². The SMILES string of the molecule is C=CCOC(=O)N(CC(=O)O)C1CC1. The van der Waals surface area contributed by atoms with Crippen LogP contribution in [0, 0.1) is 0 Å². The van der Waals surface area contributed by atoms with Crippen molar-refractivity contribution >= 4 is 12.1 Å². The van der Waals surface area contributed by atoms with E-state index in [2.05, 4.69) is 6.58 Å². The number of rotatable bonds is 5. The molecule has 0 saturated heterocycles. The molecule has 5 nitrogen and oxygen atoms in total. The highest BCUT2D eigenvalue weighted by molar-refractivity contribution is 5.77. The normalized spacial score (nSPS) is 14.6. The van der Waals surface area contributed by atoms with Gasteiger partial charge in [0.25, 0.3) is 0 Å². The Labute approximate surface area is 82.0 Å². The van der Waals surface area contributed by atoms with Gasteiger partial charge in [-0.2, -0.15) is 0 Å². The Balaban J connectivity index is 2.44. The fraction of sp³-hybridized carbons (Fsp3) is 0.556. The van der Waals surface area contributed by atoms with Crippen molar-refractivity contribution in [2.75, 3.05) is 13.2 Å². The van der Waals surface area contributed by atoms with Crippen LogP contribution in [0.15, 0.2) is 12.7 Å². The van der Waals surface area contributed by atoms with Crippen LogP contribution in [0.1, 0.15) is 12.8 Å². The molecule has 1 aliphatic rings. The molecule has 14 heavy (non-hydrogen) atoms. The smallest absolute Gasteiger partial charge is 0.410 e. The molecule has 0 bridgehead atoms. The Bertz CT molecular complexity index is 247. The predicted molar refractivity (Wildman–Crippen MR) is 48.9 cm³/mol. The molecule has 0 heterocycles. The zero-order valence-electron chi connectivity index (χ0n) is 7.81. The summed E-state index contributed by atoms with van der Waals surface area (Å²) in [6, 6.07) is 0.0448. The van der Waals surface area contributed by atoms with Crippen LogP contribution >= 0.6 is 0 Å².